The molecular formula is C8H15ClO. The van der Waals surface area contributed by atoms with E-state index in [1.165, 1.54) is 12.8 Å². The molecule has 1 fully saturated rings. The largest absolute Gasteiger partial charge is 0.368 e. The molecule has 2 heteroatoms. The fraction of sp³-hybridized carbons (Fsp3) is 1.00. The summed E-state index contributed by atoms with van der Waals surface area (Å²) >= 11 is 5.97. The quantitative estimate of drug-likeness (QED) is 0.457. The maximum atomic E-state index is 5.97. The highest BCUT2D eigenvalue weighted by molar-refractivity contribution is 6.21. The lowest BCUT2D eigenvalue weighted by Gasteiger charge is -1.98. The predicted octanol–water partition coefficient (Wildman–Crippen LogP) is 2.57. The summed E-state index contributed by atoms with van der Waals surface area (Å²) in [6.07, 6.45) is 4.24. The summed E-state index contributed by atoms with van der Waals surface area (Å²) in [5, 5.41) is 0.247. The lowest BCUT2D eigenvalue weighted by atomic mass is 10.1. The lowest BCUT2D eigenvalue weighted by molar-refractivity contribution is 0.356. The van der Waals surface area contributed by atoms with Crippen molar-refractivity contribution in [1.82, 2.24) is 0 Å². The van der Waals surface area contributed by atoms with E-state index in [1.807, 2.05) is 0 Å². The molecule has 0 amide bonds. The molecule has 60 valence electrons. The summed E-state index contributed by atoms with van der Waals surface area (Å²) in [5.74, 6) is 0. The second-order valence-electron chi connectivity index (χ2n) is 2.85. The topological polar surface area (TPSA) is 12.5 Å². The molecule has 3 atom stereocenters. The molecular weight excluding hydrogens is 148 g/mol. The Morgan fingerprint density at radius 2 is 2.20 bits per heavy atom. The molecule has 1 saturated heterocycles. The van der Waals surface area contributed by atoms with Gasteiger partial charge in [-0.05, 0) is 12.8 Å². The number of hydrogen-bond acceptors (Lipinski definition) is 1. The van der Waals surface area contributed by atoms with Crippen LogP contribution in [0, 0.1) is 0 Å². The molecule has 0 aromatic carbocycles. The Morgan fingerprint density at radius 1 is 1.50 bits per heavy atom. The molecule has 0 saturated carbocycles. The average molecular weight is 163 g/mol. The van der Waals surface area contributed by atoms with E-state index in [4.69, 9.17) is 16.3 Å². The number of halogens is 1. The normalized spacial score (nSPS) is 33.9. The molecule has 1 heterocycles. The molecule has 1 nitrogen and oxygen atoms in total. The van der Waals surface area contributed by atoms with Crippen molar-refractivity contribution in [3.8, 4) is 0 Å². The first-order chi connectivity index (χ1) is 4.79. The van der Waals surface area contributed by atoms with E-state index in [0.29, 0.717) is 12.2 Å². The molecule has 1 aliphatic heterocycles. The van der Waals surface area contributed by atoms with Gasteiger partial charge in [0.05, 0.1) is 11.5 Å². The number of hydrogen-bond donors (Lipinski definition) is 0. The summed E-state index contributed by atoms with van der Waals surface area (Å²) in [4.78, 5) is 0. The summed E-state index contributed by atoms with van der Waals surface area (Å²) in [7, 11) is 0. The predicted molar refractivity (Wildman–Crippen MR) is 43.5 cm³/mol. The molecule has 3 unspecified atom stereocenters. The van der Waals surface area contributed by atoms with E-state index >= 15 is 0 Å². The molecule has 0 N–H and O–H groups in total. The summed E-state index contributed by atoms with van der Waals surface area (Å²) < 4.78 is 5.38. The second kappa shape index (κ2) is 3.59. The molecule has 0 aromatic heterocycles. The first-order valence-electron chi connectivity index (χ1n) is 4.09. The fourth-order valence-corrected chi connectivity index (χ4v) is 1.45. The number of alkyl halides is 1. The van der Waals surface area contributed by atoms with Crippen molar-refractivity contribution >= 4 is 11.6 Å². The Hall–Kier alpha value is 0.250. The van der Waals surface area contributed by atoms with E-state index in [0.717, 1.165) is 6.42 Å². The fourth-order valence-electron chi connectivity index (χ4n) is 1.22. The van der Waals surface area contributed by atoms with Crippen LogP contribution in [0.25, 0.3) is 0 Å². The van der Waals surface area contributed by atoms with Crippen LogP contribution in [0.1, 0.15) is 33.1 Å². The Morgan fingerprint density at radius 3 is 2.70 bits per heavy atom. The van der Waals surface area contributed by atoms with Gasteiger partial charge in [0.25, 0.3) is 0 Å². The zero-order chi connectivity index (χ0) is 7.56. The van der Waals surface area contributed by atoms with Gasteiger partial charge in [-0.15, -0.1) is 11.6 Å². The van der Waals surface area contributed by atoms with Gasteiger partial charge in [0.1, 0.15) is 6.10 Å². The molecule has 0 aromatic rings. The highest BCUT2D eigenvalue weighted by atomic mass is 35.5. The minimum Gasteiger partial charge on any atom is -0.368 e. The molecule has 1 rings (SSSR count). The Kier molecular flexibility index (Phi) is 2.99. The summed E-state index contributed by atoms with van der Waals surface area (Å²) in [6.45, 7) is 4.27. The molecule has 0 bridgehead atoms. The van der Waals surface area contributed by atoms with Crippen LogP contribution in [-0.4, -0.2) is 17.6 Å². The highest BCUT2D eigenvalue weighted by Crippen LogP contribution is 2.33. The molecule has 1 aliphatic rings. The maximum absolute atomic E-state index is 5.97. The average Bonchev–Trinajstić information content (AvgIpc) is 2.67. The highest BCUT2D eigenvalue weighted by Gasteiger charge is 2.42. The minimum atomic E-state index is 0.247. The van der Waals surface area contributed by atoms with E-state index in [9.17, 15) is 0 Å². The van der Waals surface area contributed by atoms with Crippen molar-refractivity contribution in [2.45, 2.75) is 50.7 Å². The Labute approximate surface area is 67.7 Å². The first-order valence-corrected chi connectivity index (χ1v) is 4.52. The Bertz CT molecular complexity index is 105. The van der Waals surface area contributed by atoms with Crippen molar-refractivity contribution in [3.05, 3.63) is 0 Å². The van der Waals surface area contributed by atoms with E-state index in [2.05, 4.69) is 13.8 Å². The van der Waals surface area contributed by atoms with Crippen molar-refractivity contribution in [1.29, 1.82) is 0 Å². The van der Waals surface area contributed by atoms with Crippen LogP contribution in [0.4, 0.5) is 0 Å². The first kappa shape index (κ1) is 8.35. The van der Waals surface area contributed by atoms with Crippen LogP contribution in [0.3, 0.4) is 0 Å². The van der Waals surface area contributed by atoms with E-state index < -0.39 is 0 Å². The number of epoxide rings is 1. The number of rotatable bonds is 4. The van der Waals surface area contributed by atoms with Crippen LogP contribution in [0.15, 0.2) is 0 Å². The number of ether oxygens (including phenoxy) is 1. The monoisotopic (exact) mass is 162 g/mol. The standard InChI is InChI=1S/C8H15ClO/c1-3-5-7-8(10-7)6(9)4-2/h6-8H,3-5H2,1-2H3. The van der Waals surface area contributed by atoms with Crippen LogP contribution in [-0.2, 0) is 4.74 Å². The van der Waals surface area contributed by atoms with E-state index in [-0.39, 0.29) is 5.38 Å². The molecule has 0 radical (unpaired) electrons. The van der Waals surface area contributed by atoms with Gasteiger partial charge >= 0.3 is 0 Å². The maximum Gasteiger partial charge on any atom is 0.100 e. The van der Waals surface area contributed by atoms with Gasteiger partial charge in [-0.2, -0.15) is 0 Å². The van der Waals surface area contributed by atoms with Crippen LogP contribution in [0.5, 0.6) is 0 Å². The molecule has 0 aliphatic carbocycles. The third-order valence-corrected chi connectivity index (χ3v) is 2.50. The van der Waals surface area contributed by atoms with Crippen LogP contribution in [0.2, 0.25) is 0 Å². The third-order valence-electron chi connectivity index (χ3n) is 1.94. The van der Waals surface area contributed by atoms with Crippen LogP contribution >= 0.6 is 11.6 Å². The SMILES string of the molecule is CCCC1OC1C(Cl)CC. The smallest absolute Gasteiger partial charge is 0.100 e. The van der Waals surface area contributed by atoms with Gasteiger partial charge in [0.15, 0.2) is 0 Å². The lowest BCUT2D eigenvalue weighted by Crippen LogP contribution is -2.08. The summed E-state index contributed by atoms with van der Waals surface area (Å²) in [5.41, 5.74) is 0. The third kappa shape index (κ3) is 1.86. The second-order valence-corrected chi connectivity index (χ2v) is 3.41. The van der Waals surface area contributed by atoms with Crippen molar-refractivity contribution in [2.75, 3.05) is 0 Å². The van der Waals surface area contributed by atoms with Gasteiger partial charge in [-0.3, -0.25) is 0 Å². The zero-order valence-corrected chi connectivity index (χ0v) is 7.40. The van der Waals surface area contributed by atoms with Gasteiger partial charge in [-0.25, -0.2) is 0 Å². The van der Waals surface area contributed by atoms with E-state index in [1.54, 1.807) is 0 Å². The minimum absolute atomic E-state index is 0.247. The Balaban J connectivity index is 2.12. The van der Waals surface area contributed by atoms with Gasteiger partial charge < -0.3 is 4.74 Å². The van der Waals surface area contributed by atoms with Crippen LogP contribution < -0.4 is 0 Å². The van der Waals surface area contributed by atoms with Gasteiger partial charge in [-0.1, -0.05) is 20.3 Å². The van der Waals surface area contributed by atoms with Crippen molar-refractivity contribution < 1.29 is 4.74 Å². The van der Waals surface area contributed by atoms with Crippen molar-refractivity contribution in [2.24, 2.45) is 0 Å². The van der Waals surface area contributed by atoms with Crippen molar-refractivity contribution in [3.63, 3.8) is 0 Å². The molecule has 0 spiro atoms. The molecule has 10 heavy (non-hydrogen) atoms. The zero-order valence-electron chi connectivity index (χ0n) is 6.64. The summed E-state index contributed by atoms with van der Waals surface area (Å²) in [6, 6.07) is 0. The van der Waals surface area contributed by atoms with Gasteiger partial charge in [0.2, 0.25) is 0 Å². The van der Waals surface area contributed by atoms with Gasteiger partial charge in [0, 0.05) is 0 Å².